The number of furan rings is 1. The molecule has 1 atom stereocenters. The van der Waals surface area contributed by atoms with Crippen molar-refractivity contribution in [1.82, 2.24) is 5.32 Å². The lowest BCUT2D eigenvalue weighted by Crippen LogP contribution is -2.23. The van der Waals surface area contributed by atoms with Gasteiger partial charge in [0.1, 0.15) is 5.75 Å². The molecule has 0 saturated carbocycles. The first-order valence-corrected chi connectivity index (χ1v) is 7.20. The van der Waals surface area contributed by atoms with Crippen LogP contribution >= 0.6 is 23.2 Å². The average molecular weight is 314 g/mol. The van der Waals surface area contributed by atoms with Crippen LogP contribution in [0.1, 0.15) is 24.1 Å². The number of hydrogen-bond acceptors (Lipinski definition) is 3. The molecule has 0 aliphatic carbocycles. The summed E-state index contributed by atoms with van der Waals surface area (Å²) in [5.74, 6) is 0.817. The number of nitrogens with one attached hydrogen (secondary N) is 1. The number of methoxy groups -OCH3 is 1. The van der Waals surface area contributed by atoms with Crippen molar-refractivity contribution in [3.8, 4) is 5.75 Å². The summed E-state index contributed by atoms with van der Waals surface area (Å²) in [7, 11) is 1.65. The van der Waals surface area contributed by atoms with Crippen LogP contribution in [0.5, 0.6) is 5.75 Å². The average Bonchev–Trinajstić information content (AvgIpc) is 2.85. The lowest BCUT2D eigenvalue weighted by atomic mass is 10.00. The van der Waals surface area contributed by atoms with Gasteiger partial charge in [0.2, 0.25) is 0 Å². The van der Waals surface area contributed by atoms with Crippen molar-refractivity contribution >= 4 is 23.2 Å². The number of halogens is 2. The Morgan fingerprint density at radius 3 is 2.70 bits per heavy atom. The number of likely N-dealkylation sites (N-methyl/N-ethyl adjacent to an activating group) is 1. The lowest BCUT2D eigenvalue weighted by molar-refractivity contribution is 0.405. The number of benzene rings is 1. The quantitative estimate of drug-likeness (QED) is 0.853. The van der Waals surface area contributed by atoms with Crippen molar-refractivity contribution in [3.63, 3.8) is 0 Å². The van der Waals surface area contributed by atoms with E-state index in [1.807, 2.05) is 24.3 Å². The van der Waals surface area contributed by atoms with Gasteiger partial charge in [0.05, 0.1) is 13.4 Å². The van der Waals surface area contributed by atoms with E-state index < -0.39 is 0 Å². The third kappa shape index (κ3) is 3.48. The first-order valence-electron chi connectivity index (χ1n) is 6.44. The van der Waals surface area contributed by atoms with Crippen LogP contribution in [0, 0.1) is 0 Å². The van der Waals surface area contributed by atoms with Crippen molar-refractivity contribution in [2.45, 2.75) is 19.4 Å². The summed E-state index contributed by atoms with van der Waals surface area (Å²) in [6.45, 7) is 2.88. The third-order valence-electron chi connectivity index (χ3n) is 3.14. The highest BCUT2D eigenvalue weighted by Crippen LogP contribution is 2.31. The maximum absolute atomic E-state index is 6.08. The normalized spacial score (nSPS) is 12.4. The number of rotatable bonds is 6. The van der Waals surface area contributed by atoms with Gasteiger partial charge in [-0.3, -0.25) is 0 Å². The Labute approximate surface area is 128 Å². The molecule has 1 heterocycles. The van der Waals surface area contributed by atoms with E-state index in [2.05, 4.69) is 12.2 Å². The molecule has 2 aromatic rings. The van der Waals surface area contributed by atoms with Crippen LogP contribution < -0.4 is 10.1 Å². The Morgan fingerprint density at radius 2 is 2.10 bits per heavy atom. The van der Waals surface area contributed by atoms with Crippen LogP contribution in [0.15, 0.2) is 34.9 Å². The third-order valence-corrected chi connectivity index (χ3v) is 3.68. The minimum absolute atomic E-state index is 0.0543. The molecule has 3 nitrogen and oxygen atoms in total. The van der Waals surface area contributed by atoms with Crippen molar-refractivity contribution < 1.29 is 9.15 Å². The molecular weight excluding hydrogens is 297 g/mol. The molecular formula is C15H17Cl2NO2. The van der Waals surface area contributed by atoms with Gasteiger partial charge in [0.15, 0.2) is 5.22 Å². The molecule has 108 valence electrons. The van der Waals surface area contributed by atoms with Gasteiger partial charge < -0.3 is 14.5 Å². The van der Waals surface area contributed by atoms with Gasteiger partial charge in [-0.15, -0.1) is 0 Å². The van der Waals surface area contributed by atoms with Crippen molar-refractivity contribution in [3.05, 3.63) is 51.9 Å². The molecule has 2 rings (SSSR count). The van der Waals surface area contributed by atoms with E-state index in [1.54, 1.807) is 13.4 Å². The fourth-order valence-corrected chi connectivity index (χ4v) is 2.66. The Balaban J connectivity index is 2.29. The van der Waals surface area contributed by atoms with Gasteiger partial charge in [-0.1, -0.05) is 18.5 Å². The predicted molar refractivity (Wildman–Crippen MR) is 81.8 cm³/mol. The summed E-state index contributed by atoms with van der Waals surface area (Å²) in [6, 6.07) is 7.54. The second-order valence-electron chi connectivity index (χ2n) is 4.42. The topological polar surface area (TPSA) is 34.4 Å². The second kappa shape index (κ2) is 7.02. The van der Waals surface area contributed by atoms with E-state index in [0.29, 0.717) is 10.2 Å². The molecule has 0 fully saturated rings. The Morgan fingerprint density at radius 1 is 1.30 bits per heavy atom. The molecule has 0 amide bonds. The maximum Gasteiger partial charge on any atom is 0.197 e. The summed E-state index contributed by atoms with van der Waals surface area (Å²) in [6.07, 6.45) is 2.31. The first-order chi connectivity index (χ1) is 9.65. The van der Waals surface area contributed by atoms with Gasteiger partial charge in [-0.05, 0) is 54.4 Å². The smallest absolute Gasteiger partial charge is 0.197 e. The summed E-state index contributed by atoms with van der Waals surface area (Å²) in [4.78, 5) is 0. The van der Waals surface area contributed by atoms with Crippen LogP contribution in [0.3, 0.4) is 0 Å². The highest BCUT2D eigenvalue weighted by molar-refractivity contribution is 6.30. The molecule has 0 radical (unpaired) electrons. The molecule has 0 saturated heterocycles. The number of ether oxygens (including phenoxy) is 1. The molecule has 0 aliphatic heterocycles. The lowest BCUT2D eigenvalue weighted by Gasteiger charge is -2.18. The molecule has 1 unspecified atom stereocenters. The van der Waals surface area contributed by atoms with Gasteiger partial charge in [-0.25, -0.2) is 0 Å². The van der Waals surface area contributed by atoms with Gasteiger partial charge >= 0.3 is 0 Å². The van der Waals surface area contributed by atoms with Crippen LogP contribution in [0.2, 0.25) is 10.2 Å². The number of hydrogen-bond donors (Lipinski definition) is 1. The first kappa shape index (κ1) is 15.2. The zero-order valence-corrected chi connectivity index (χ0v) is 13.0. The largest absolute Gasteiger partial charge is 0.496 e. The molecule has 1 aromatic heterocycles. The van der Waals surface area contributed by atoms with E-state index in [-0.39, 0.29) is 6.04 Å². The zero-order valence-electron chi connectivity index (χ0n) is 11.5. The highest BCUT2D eigenvalue weighted by atomic mass is 35.5. The summed E-state index contributed by atoms with van der Waals surface area (Å²) in [5.41, 5.74) is 1.97. The Kier molecular flexibility index (Phi) is 5.35. The SMILES string of the molecule is CCNC(Cc1cc(Cl)ccc1OC)c1ccoc1Cl. The van der Waals surface area contributed by atoms with Crippen LogP contribution in [0.4, 0.5) is 0 Å². The monoisotopic (exact) mass is 313 g/mol. The molecule has 20 heavy (non-hydrogen) atoms. The minimum atomic E-state index is 0.0543. The fourth-order valence-electron chi connectivity index (χ4n) is 2.22. The summed E-state index contributed by atoms with van der Waals surface area (Å²) in [5, 5.41) is 4.51. The van der Waals surface area contributed by atoms with Crippen LogP contribution in [-0.2, 0) is 6.42 Å². The molecule has 1 aromatic carbocycles. The fraction of sp³-hybridized carbons (Fsp3) is 0.333. The van der Waals surface area contributed by atoms with Crippen molar-refractivity contribution in [2.24, 2.45) is 0 Å². The molecule has 0 bridgehead atoms. The van der Waals surface area contributed by atoms with Crippen LogP contribution in [-0.4, -0.2) is 13.7 Å². The molecule has 1 N–H and O–H groups in total. The van der Waals surface area contributed by atoms with Gasteiger partial charge in [0, 0.05) is 16.6 Å². The van der Waals surface area contributed by atoms with E-state index in [4.69, 9.17) is 32.4 Å². The Bertz CT molecular complexity index is 569. The zero-order chi connectivity index (χ0) is 14.5. The van der Waals surface area contributed by atoms with E-state index >= 15 is 0 Å². The second-order valence-corrected chi connectivity index (χ2v) is 5.20. The molecule has 0 spiro atoms. The molecule has 5 heteroatoms. The molecule has 0 aliphatic rings. The van der Waals surface area contributed by atoms with E-state index in [0.717, 1.165) is 29.8 Å². The van der Waals surface area contributed by atoms with Gasteiger partial charge in [-0.2, -0.15) is 0 Å². The Hall–Kier alpha value is -1.16. The van der Waals surface area contributed by atoms with E-state index in [9.17, 15) is 0 Å². The van der Waals surface area contributed by atoms with Gasteiger partial charge in [0.25, 0.3) is 0 Å². The predicted octanol–water partition coefficient (Wildman–Crippen LogP) is 4.49. The minimum Gasteiger partial charge on any atom is -0.496 e. The van der Waals surface area contributed by atoms with Crippen molar-refractivity contribution in [1.29, 1.82) is 0 Å². The highest BCUT2D eigenvalue weighted by Gasteiger charge is 2.18. The summed E-state index contributed by atoms with van der Waals surface area (Å²) >= 11 is 12.1. The maximum atomic E-state index is 6.08. The van der Waals surface area contributed by atoms with Crippen LogP contribution in [0.25, 0.3) is 0 Å². The van der Waals surface area contributed by atoms with E-state index in [1.165, 1.54) is 0 Å². The van der Waals surface area contributed by atoms with Crippen molar-refractivity contribution in [2.75, 3.05) is 13.7 Å². The summed E-state index contributed by atoms with van der Waals surface area (Å²) < 4.78 is 10.6. The standard InChI is InChI=1S/C15H17Cl2NO2/c1-3-18-13(12-6-7-20-15(12)17)9-10-8-11(16)4-5-14(10)19-2/h4-8,13,18H,3,9H2,1-2H3.